The third-order valence-electron chi connectivity index (χ3n) is 2.52. The first-order chi connectivity index (χ1) is 6.77. The van der Waals surface area contributed by atoms with E-state index in [4.69, 9.17) is 5.73 Å². The Morgan fingerprint density at radius 2 is 2.36 bits per heavy atom. The minimum Gasteiger partial charge on any atom is -0.344 e. The molecule has 1 aromatic heterocycles. The quantitative estimate of drug-likeness (QED) is 0.614. The van der Waals surface area contributed by atoms with E-state index in [1.807, 2.05) is 24.4 Å². The Morgan fingerprint density at radius 3 is 3.00 bits per heavy atom. The van der Waals surface area contributed by atoms with E-state index in [0.29, 0.717) is 11.0 Å². The second-order valence-corrected chi connectivity index (χ2v) is 4.66. The van der Waals surface area contributed by atoms with Gasteiger partial charge in [-0.1, -0.05) is 22.0 Å². The first kappa shape index (κ1) is 9.93. The predicted molar refractivity (Wildman–Crippen MR) is 61.5 cm³/mol. The van der Waals surface area contributed by atoms with Gasteiger partial charge in [0.05, 0.1) is 4.95 Å². The Labute approximate surface area is 92.4 Å². The number of pyridine rings is 1. The third kappa shape index (κ3) is 2.07. The zero-order chi connectivity index (χ0) is 9.97. The van der Waals surface area contributed by atoms with Crippen molar-refractivity contribution in [2.45, 2.75) is 23.8 Å². The number of alkyl halides is 1. The smallest absolute Gasteiger partial charge is 0.129 e. The number of halogens is 1. The fourth-order valence-electron chi connectivity index (χ4n) is 1.72. The molecule has 1 fully saturated rings. The minimum atomic E-state index is 0.319. The summed E-state index contributed by atoms with van der Waals surface area (Å²) in [6.45, 7) is 0.980. The normalized spacial score (nSPS) is 27.7. The Bertz CT molecular complexity index is 291. The molecule has 2 heterocycles. The van der Waals surface area contributed by atoms with E-state index in [1.165, 1.54) is 0 Å². The Morgan fingerprint density at radius 1 is 1.50 bits per heavy atom. The highest BCUT2D eigenvalue weighted by Crippen LogP contribution is 2.25. The lowest BCUT2D eigenvalue weighted by Gasteiger charge is -2.35. The number of piperidine rings is 1. The van der Waals surface area contributed by atoms with Gasteiger partial charge in [0, 0.05) is 18.8 Å². The number of anilines is 1. The topological polar surface area (TPSA) is 42.1 Å². The number of nitrogens with zero attached hydrogens (tertiary/aromatic N) is 2. The van der Waals surface area contributed by atoms with Crippen molar-refractivity contribution in [3.8, 4) is 0 Å². The zero-order valence-corrected chi connectivity index (χ0v) is 9.52. The second-order valence-electron chi connectivity index (χ2n) is 3.60. The van der Waals surface area contributed by atoms with Crippen LogP contribution in [-0.4, -0.2) is 22.5 Å². The minimum absolute atomic E-state index is 0.319. The van der Waals surface area contributed by atoms with Crippen molar-refractivity contribution in [2.24, 2.45) is 5.73 Å². The van der Waals surface area contributed by atoms with Crippen LogP contribution in [0.15, 0.2) is 24.4 Å². The van der Waals surface area contributed by atoms with E-state index in [0.717, 1.165) is 25.2 Å². The van der Waals surface area contributed by atoms with Gasteiger partial charge in [-0.3, -0.25) is 0 Å². The molecule has 4 heteroatoms. The van der Waals surface area contributed by atoms with Crippen molar-refractivity contribution in [3.63, 3.8) is 0 Å². The molecule has 1 aromatic rings. The van der Waals surface area contributed by atoms with Crippen LogP contribution in [0.2, 0.25) is 0 Å². The largest absolute Gasteiger partial charge is 0.344 e. The third-order valence-corrected chi connectivity index (χ3v) is 3.39. The highest BCUT2D eigenvalue weighted by atomic mass is 79.9. The molecule has 2 atom stereocenters. The molecule has 2 unspecified atom stereocenters. The average Bonchev–Trinajstić information content (AvgIpc) is 2.19. The van der Waals surface area contributed by atoms with Crippen LogP contribution >= 0.6 is 15.9 Å². The number of hydrogen-bond acceptors (Lipinski definition) is 3. The van der Waals surface area contributed by atoms with Gasteiger partial charge in [0.1, 0.15) is 5.82 Å². The van der Waals surface area contributed by atoms with Crippen LogP contribution < -0.4 is 10.6 Å². The summed E-state index contributed by atoms with van der Waals surface area (Å²) in [5, 5.41) is 0. The average molecular weight is 256 g/mol. The van der Waals surface area contributed by atoms with Gasteiger partial charge >= 0.3 is 0 Å². The molecular weight excluding hydrogens is 242 g/mol. The summed E-state index contributed by atoms with van der Waals surface area (Å²) >= 11 is 3.64. The van der Waals surface area contributed by atoms with Gasteiger partial charge in [-0.15, -0.1) is 0 Å². The lowest BCUT2D eigenvalue weighted by molar-refractivity contribution is 0.482. The van der Waals surface area contributed by atoms with Crippen molar-refractivity contribution < 1.29 is 0 Å². The van der Waals surface area contributed by atoms with Crippen LogP contribution in [-0.2, 0) is 0 Å². The molecule has 2 rings (SSSR count). The first-order valence-electron chi connectivity index (χ1n) is 4.84. The number of nitrogens with two attached hydrogens (primary N) is 1. The summed E-state index contributed by atoms with van der Waals surface area (Å²) in [6, 6.07) is 6.30. The second kappa shape index (κ2) is 4.28. The summed E-state index contributed by atoms with van der Waals surface area (Å²) in [6.07, 6.45) is 3.85. The van der Waals surface area contributed by atoms with Gasteiger partial charge < -0.3 is 10.6 Å². The monoisotopic (exact) mass is 255 g/mol. The maximum atomic E-state index is 5.89. The van der Waals surface area contributed by atoms with Gasteiger partial charge in [0.2, 0.25) is 0 Å². The molecule has 0 bridgehead atoms. The van der Waals surface area contributed by atoms with E-state index in [9.17, 15) is 0 Å². The van der Waals surface area contributed by atoms with E-state index in [2.05, 4.69) is 25.8 Å². The summed E-state index contributed by atoms with van der Waals surface area (Å²) < 4.78 is 0. The van der Waals surface area contributed by atoms with Gasteiger partial charge in [0.25, 0.3) is 0 Å². The number of rotatable bonds is 1. The molecule has 3 nitrogen and oxygen atoms in total. The molecule has 2 N–H and O–H groups in total. The van der Waals surface area contributed by atoms with Gasteiger partial charge in [0.15, 0.2) is 0 Å². The maximum Gasteiger partial charge on any atom is 0.129 e. The fourth-order valence-corrected chi connectivity index (χ4v) is 2.62. The summed E-state index contributed by atoms with van der Waals surface area (Å²) in [5.41, 5.74) is 5.89. The van der Waals surface area contributed by atoms with Gasteiger partial charge in [-0.05, 0) is 25.0 Å². The van der Waals surface area contributed by atoms with Gasteiger partial charge in [-0.25, -0.2) is 4.98 Å². The molecule has 0 aliphatic carbocycles. The predicted octanol–water partition coefficient (Wildman–Crippen LogP) is 1.73. The molecule has 0 aromatic carbocycles. The molecule has 1 saturated heterocycles. The van der Waals surface area contributed by atoms with Crippen LogP contribution in [0.25, 0.3) is 0 Å². The number of aromatic nitrogens is 1. The van der Waals surface area contributed by atoms with Crippen LogP contribution in [0.5, 0.6) is 0 Å². The Kier molecular flexibility index (Phi) is 3.03. The van der Waals surface area contributed by atoms with E-state index < -0.39 is 0 Å². The molecule has 76 valence electrons. The van der Waals surface area contributed by atoms with Crippen LogP contribution in [0.3, 0.4) is 0 Å². The lowest BCUT2D eigenvalue weighted by atomic mass is 10.1. The van der Waals surface area contributed by atoms with Crippen molar-refractivity contribution in [1.82, 2.24) is 4.98 Å². The summed E-state index contributed by atoms with van der Waals surface area (Å²) in [5.74, 6) is 1.03. The summed E-state index contributed by atoms with van der Waals surface area (Å²) in [7, 11) is 0. The van der Waals surface area contributed by atoms with Crippen LogP contribution in [0.1, 0.15) is 12.8 Å². The molecule has 1 aliphatic heterocycles. The number of hydrogen-bond donors (Lipinski definition) is 1. The van der Waals surface area contributed by atoms with E-state index in [-0.39, 0.29) is 0 Å². The van der Waals surface area contributed by atoms with Crippen molar-refractivity contribution in [2.75, 3.05) is 11.4 Å². The van der Waals surface area contributed by atoms with Crippen LogP contribution in [0, 0.1) is 0 Å². The van der Waals surface area contributed by atoms with Crippen molar-refractivity contribution in [3.05, 3.63) is 24.4 Å². The van der Waals surface area contributed by atoms with Crippen molar-refractivity contribution in [1.29, 1.82) is 0 Å². The van der Waals surface area contributed by atoms with Crippen LogP contribution in [0.4, 0.5) is 5.82 Å². The first-order valence-corrected chi connectivity index (χ1v) is 5.76. The standard InChI is InChI=1S/C10H14BrN3/c11-9-7-8(12)4-6-14(9)10-3-1-2-5-13-10/h1-3,5,8-9H,4,6-7,12H2. The van der Waals surface area contributed by atoms with E-state index >= 15 is 0 Å². The van der Waals surface area contributed by atoms with E-state index in [1.54, 1.807) is 0 Å². The highest BCUT2D eigenvalue weighted by Gasteiger charge is 2.24. The molecule has 0 spiro atoms. The lowest BCUT2D eigenvalue weighted by Crippen LogP contribution is -2.44. The Balaban J connectivity index is 2.12. The molecule has 0 saturated carbocycles. The fraction of sp³-hybridized carbons (Fsp3) is 0.500. The molecule has 14 heavy (non-hydrogen) atoms. The maximum absolute atomic E-state index is 5.89. The SMILES string of the molecule is NC1CCN(c2ccccn2)C(Br)C1. The highest BCUT2D eigenvalue weighted by molar-refractivity contribution is 9.09. The molecule has 0 amide bonds. The molecule has 0 radical (unpaired) electrons. The Hall–Kier alpha value is -0.610. The zero-order valence-electron chi connectivity index (χ0n) is 7.94. The molecular formula is C10H14BrN3. The van der Waals surface area contributed by atoms with Crippen molar-refractivity contribution >= 4 is 21.7 Å². The van der Waals surface area contributed by atoms with Gasteiger partial charge in [-0.2, -0.15) is 0 Å². The molecule has 1 aliphatic rings. The summed E-state index contributed by atoms with van der Waals surface area (Å²) in [4.78, 5) is 6.91.